The molecule has 1 fully saturated rings. The number of hydrogen-bond donors (Lipinski definition) is 1. The van der Waals surface area contributed by atoms with Crippen LogP contribution in [0.5, 0.6) is 5.75 Å². The Hall–Kier alpha value is -1.54. The number of hydrogen-bond acceptors (Lipinski definition) is 4. The van der Waals surface area contributed by atoms with E-state index in [1.54, 1.807) is 7.11 Å². The van der Waals surface area contributed by atoms with Gasteiger partial charge in [-0.3, -0.25) is 4.90 Å². The van der Waals surface area contributed by atoms with Gasteiger partial charge in [-0.05, 0) is 38.1 Å². The Morgan fingerprint density at radius 3 is 2.90 bits per heavy atom. The van der Waals surface area contributed by atoms with E-state index in [0.29, 0.717) is 6.04 Å². The number of aliphatic hydroxyl groups is 1. The summed E-state index contributed by atoms with van der Waals surface area (Å²) in [7, 11) is 3.75. The molecule has 1 aromatic rings. The molecule has 0 amide bonds. The molecule has 4 nitrogen and oxygen atoms in total. The van der Waals surface area contributed by atoms with Crippen molar-refractivity contribution in [1.29, 1.82) is 0 Å². The van der Waals surface area contributed by atoms with Crippen molar-refractivity contribution >= 4 is 0 Å². The lowest BCUT2D eigenvalue weighted by molar-refractivity contribution is 0.0814. The summed E-state index contributed by atoms with van der Waals surface area (Å²) >= 11 is 0. The molecule has 114 valence electrons. The molecule has 1 heterocycles. The molecule has 1 N–H and O–H groups in total. The van der Waals surface area contributed by atoms with Crippen LogP contribution in [0.15, 0.2) is 18.2 Å². The monoisotopic (exact) mass is 289 g/mol. The highest BCUT2D eigenvalue weighted by atomic mass is 16.5. The molecule has 4 heteroatoms. The van der Waals surface area contributed by atoms with E-state index in [1.807, 2.05) is 12.1 Å². The highest BCUT2D eigenvalue weighted by Gasteiger charge is 2.27. The fourth-order valence-electron chi connectivity index (χ4n) is 2.79. The van der Waals surface area contributed by atoms with E-state index >= 15 is 0 Å². The topological polar surface area (TPSA) is 41.9 Å². The maximum atomic E-state index is 8.84. The first-order chi connectivity index (χ1) is 10.2. The van der Waals surface area contributed by atoms with E-state index in [4.69, 9.17) is 14.6 Å². The average Bonchev–Trinajstić information content (AvgIpc) is 2.91. The average molecular weight is 289 g/mol. The number of nitrogens with zero attached hydrogens (tertiary/aromatic N) is 1. The molecule has 2 rings (SSSR count). The quantitative estimate of drug-likeness (QED) is 0.856. The summed E-state index contributed by atoms with van der Waals surface area (Å²) in [5.74, 6) is 6.35. The summed E-state index contributed by atoms with van der Waals surface area (Å²) in [5.41, 5.74) is 1.99. The van der Waals surface area contributed by atoms with Crippen LogP contribution in [0.3, 0.4) is 0 Å². The van der Waals surface area contributed by atoms with Crippen molar-refractivity contribution in [2.45, 2.75) is 32.0 Å². The number of ether oxygens (including phenoxy) is 2. The Bertz CT molecular complexity index is 533. The van der Waals surface area contributed by atoms with E-state index in [0.717, 1.165) is 30.9 Å². The highest BCUT2D eigenvalue weighted by molar-refractivity contribution is 5.48. The molecule has 0 bridgehead atoms. The third-order valence-corrected chi connectivity index (χ3v) is 3.90. The van der Waals surface area contributed by atoms with E-state index in [2.05, 4.69) is 36.8 Å². The summed E-state index contributed by atoms with van der Waals surface area (Å²) < 4.78 is 10.9. The Morgan fingerprint density at radius 2 is 2.29 bits per heavy atom. The molecule has 21 heavy (non-hydrogen) atoms. The fraction of sp³-hybridized carbons (Fsp3) is 0.529. The highest BCUT2D eigenvalue weighted by Crippen LogP contribution is 2.23. The number of methoxy groups -OCH3 is 1. The van der Waals surface area contributed by atoms with E-state index < -0.39 is 0 Å². The maximum absolute atomic E-state index is 8.84. The fourth-order valence-corrected chi connectivity index (χ4v) is 2.79. The molecule has 0 spiro atoms. The van der Waals surface area contributed by atoms with Crippen LogP contribution in [0.25, 0.3) is 0 Å². The lowest BCUT2D eigenvalue weighted by Gasteiger charge is -2.26. The lowest BCUT2D eigenvalue weighted by Crippen LogP contribution is -2.36. The summed E-state index contributed by atoms with van der Waals surface area (Å²) in [4.78, 5) is 2.32. The Morgan fingerprint density at radius 1 is 1.48 bits per heavy atom. The number of aliphatic hydroxyl groups excluding tert-OH is 1. The molecular weight excluding hydrogens is 266 g/mol. The smallest absolute Gasteiger partial charge is 0.134 e. The third-order valence-electron chi connectivity index (χ3n) is 3.90. The second kappa shape index (κ2) is 7.46. The standard InChI is InChI=1S/C17H23NO3/c1-13-16(8-10-21-13)18(2)12-14-6-7-17(20-3)15(11-14)5-4-9-19/h6-7,11,13,16,19H,8-10,12H2,1-3H3. The summed E-state index contributed by atoms with van der Waals surface area (Å²) in [6.45, 7) is 3.66. The van der Waals surface area contributed by atoms with Gasteiger partial charge in [0, 0.05) is 19.2 Å². The van der Waals surface area contributed by atoms with Gasteiger partial charge in [0.2, 0.25) is 0 Å². The van der Waals surface area contributed by atoms with Crippen molar-refractivity contribution in [2.75, 3.05) is 27.4 Å². The Balaban J connectivity index is 2.12. The first kappa shape index (κ1) is 15.8. The van der Waals surface area contributed by atoms with Crippen LogP contribution >= 0.6 is 0 Å². The van der Waals surface area contributed by atoms with Gasteiger partial charge in [0.25, 0.3) is 0 Å². The zero-order valence-corrected chi connectivity index (χ0v) is 12.9. The molecule has 0 aliphatic carbocycles. The second-order valence-electron chi connectivity index (χ2n) is 5.34. The molecule has 1 aliphatic heterocycles. The van der Waals surface area contributed by atoms with Crippen LogP contribution in [0.2, 0.25) is 0 Å². The Kier molecular flexibility index (Phi) is 5.63. The van der Waals surface area contributed by atoms with Gasteiger partial charge in [-0.15, -0.1) is 0 Å². The molecule has 0 radical (unpaired) electrons. The normalized spacial score (nSPS) is 21.2. The number of benzene rings is 1. The van der Waals surface area contributed by atoms with Gasteiger partial charge in [0.05, 0.1) is 18.8 Å². The van der Waals surface area contributed by atoms with Gasteiger partial charge in [0.1, 0.15) is 12.4 Å². The maximum Gasteiger partial charge on any atom is 0.134 e. The van der Waals surface area contributed by atoms with Gasteiger partial charge < -0.3 is 14.6 Å². The van der Waals surface area contributed by atoms with Crippen LogP contribution in [-0.2, 0) is 11.3 Å². The zero-order valence-electron chi connectivity index (χ0n) is 12.9. The number of likely N-dealkylation sites (N-methyl/N-ethyl adjacent to an activating group) is 1. The van der Waals surface area contributed by atoms with Gasteiger partial charge in [-0.2, -0.15) is 0 Å². The van der Waals surface area contributed by atoms with E-state index in [-0.39, 0.29) is 12.7 Å². The first-order valence-electron chi connectivity index (χ1n) is 7.24. The van der Waals surface area contributed by atoms with Crippen molar-refractivity contribution in [3.05, 3.63) is 29.3 Å². The second-order valence-corrected chi connectivity index (χ2v) is 5.34. The van der Waals surface area contributed by atoms with Crippen LogP contribution in [-0.4, -0.2) is 49.5 Å². The van der Waals surface area contributed by atoms with Crippen molar-refractivity contribution < 1.29 is 14.6 Å². The van der Waals surface area contributed by atoms with Crippen molar-refractivity contribution in [3.63, 3.8) is 0 Å². The molecule has 1 saturated heterocycles. The van der Waals surface area contributed by atoms with Crippen molar-refractivity contribution in [2.24, 2.45) is 0 Å². The number of rotatable bonds is 4. The summed E-state index contributed by atoms with van der Waals surface area (Å²) in [6.07, 6.45) is 1.35. The largest absolute Gasteiger partial charge is 0.495 e. The zero-order chi connectivity index (χ0) is 15.2. The van der Waals surface area contributed by atoms with Crippen LogP contribution in [0.4, 0.5) is 0 Å². The molecule has 2 atom stereocenters. The van der Waals surface area contributed by atoms with Gasteiger partial charge in [-0.1, -0.05) is 17.9 Å². The minimum Gasteiger partial charge on any atom is -0.495 e. The first-order valence-corrected chi connectivity index (χ1v) is 7.24. The van der Waals surface area contributed by atoms with Gasteiger partial charge >= 0.3 is 0 Å². The van der Waals surface area contributed by atoms with Crippen molar-refractivity contribution in [3.8, 4) is 17.6 Å². The summed E-state index contributed by atoms with van der Waals surface area (Å²) in [6, 6.07) is 6.47. The molecule has 2 unspecified atom stereocenters. The van der Waals surface area contributed by atoms with E-state index in [1.165, 1.54) is 5.56 Å². The van der Waals surface area contributed by atoms with Crippen molar-refractivity contribution in [1.82, 2.24) is 4.90 Å². The molecular formula is C17H23NO3. The van der Waals surface area contributed by atoms with Gasteiger partial charge in [-0.25, -0.2) is 0 Å². The molecule has 1 aromatic carbocycles. The van der Waals surface area contributed by atoms with Crippen LogP contribution < -0.4 is 4.74 Å². The minimum atomic E-state index is -0.149. The Labute approximate surface area is 126 Å². The predicted octanol–water partition coefficient (Wildman–Crippen LogP) is 1.65. The van der Waals surface area contributed by atoms with Gasteiger partial charge in [0.15, 0.2) is 0 Å². The predicted molar refractivity (Wildman–Crippen MR) is 82.2 cm³/mol. The SMILES string of the molecule is COc1ccc(CN(C)C2CCOC2C)cc1C#CCO. The third kappa shape index (κ3) is 3.98. The summed E-state index contributed by atoms with van der Waals surface area (Å²) in [5, 5.41) is 8.84. The van der Waals surface area contributed by atoms with E-state index in [9.17, 15) is 0 Å². The molecule has 0 saturated carbocycles. The van der Waals surface area contributed by atoms with Crippen LogP contribution in [0.1, 0.15) is 24.5 Å². The lowest BCUT2D eigenvalue weighted by atomic mass is 10.1. The molecule has 1 aliphatic rings. The molecule has 0 aromatic heterocycles. The minimum absolute atomic E-state index is 0.149. The van der Waals surface area contributed by atoms with Crippen LogP contribution in [0, 0.1) is 11.8 Å².